The lowest BCUT2D eigenvalue weighted by atomic mass is 10.2. The van der Waals surface area contributed by atoms with Gasteiger partial charge in [0, 0.05) is 19.1 Å². The van der Waals surface area contributed by atoms with Crippen molar-refractivity contribution in [3.63, 3.8) is 0 Å². The van der Waals surface area contributed by atoms with Crippen molar-refractivity contribution in [2.45, 2.75) is 38.6 Å². The fraction of sp³-hybridized carbons (Fsp3) is 1.00. The molecule has 0 amide bonds. The molecule has 0 aromatic heterocycles. The molecule has 1 atom stereocenters. The Bertz CT molecular complexity index is 344. The minimum absolute atomic E-state index is 0.293. The van der Waals surface area contributed by atoms with Gasteiger partial charge in [0.2, 0.25) is 10.0 Å². The Balaban J connectivity index is 2.25. The van der Waals surface area contributed by atoms with Gasteiger partial charge >= 0.3 is 0 Å². The van der Waals surface area contributed by atoms with Crippen LogP contribution in [-0.2, 0) is 10.0 Å². The molecule has 114 valence electrons. The summed E-state index contributed by atoms with van der Waals surface area (Å²) < 4.78 is 26.0. The average Bonchev–Trinajstić information content (AvgIpc) is 2.84. The lowest BCUT2D eigenvalue weighted by molar-refractivity contribution is 0.302. The maximum Gasteiger partial charge on any atom is 0.214 e. The van der Waals surface area contributed by atoms with Crippen molar-refractivity contribution >= 4 is 10.0 Å². The summed E-state index contributed by atoms with van der Waals surface area (Å²) in [6.45, 7) is 5.40. The van der Waals surface area contributed by atoms with Crippen LogP contribution in [0.4, 0.5) is 0 Å². The molecule has 19 heavy (non-hydrogen) atoms. The second kappa shape index (κ2) is 8.19. The predicted molar refractivity (Wildman–Crippen MR) is 79.8 cm³/mol. The summed E-state index contributed by atoms with van der Waals surface area (Å²) in [6.07, 6.45) is 3.76. The van der Waals surface area contributed by atoms with Crippen molar-refractivity contribution in [3.05, 3.63) is 0 Å². The normalized spacial score (nSPS) is 21.4. The maximum atomic E-state index is 12.2. The quantitative estimate of drug-likeness (QED) is 0.636. The Morgan fingerprint density at radius 3 is 2.58 bits per heavy atom. The first-order valence-electron chi connectivity index (χ1n) is 7.32. The van der Waals surface area contributed by atoms with E-state index in [1.54, 1.807) is 4.31 Å². The number of unbranched alkanes of at least 4 members (excludes halogenated alkanes) is 1. The molecule has 1 fully saturated rings. The molecule has 5 nitrogen and oxygen atoms in total. The number of likely N-dealkylation sites (N-methyl/N-ethyl adjacent to an activating group) is 1. The summed E-state index contributed by atoms with van der Waals surface area (Å²) in [4.78, 5) is 2.12. The molecule has 0 spiro atoms. The van der Waals surface area contributed by atoms with Gasteiger partial charge in [-0.2, -0.15) is 0 Å². The molecule has 1 aliphatic heterocycles. The van der Waals surface area contributed by atoms with Gasteiger partial charge in [-0.25, -0.2) is 12.7 Å². The molecule has 6 heteroatoms. The second-order valence-electron chi connectivity index (χ2n) is 5.54. The van der Waals surface area contributed by atoms with E-state index in [0.717, 1.165) is 38.8 Å². The summed E-state index contributed by atoms with van der Waals surface area (Å²) in [7, 11) is 0.988. The van der Waals surface area contributed by atoms with Crippen LogP contribution < -0.4 is 5.32 Å². The van der Waals surface area contributed by atoms with Crippen LogP contribution in [0.5, 0.6) is 0 Å². The first-order chi connectivity index (χ1) is 8.97. The first-order valence-corrected chi connectivity index (χ1v) is 8.93. The molecule has 1 saturated heterocycles. The third kappa shape index (κ3) is 5.77. The van der Waals surface area contributed by atoms with Crippen molar-refractivity contribution in [1.29, 1.82) is 0 Å². The fourth-order valence-electron chi connectivity index (χ4n) is 2.35. The predicted octanol–water partition coefficient (Wildman–Crippen LogP) is 0.732. The van der Waals surface area contributed by atoms with Gasteiger partial charge < -0.3 is 10.2 Å². The molecule has 0 radical (unpaired) electrons. The van der Waals surface area contributed by atoms with Gasteiger partial charge in [-0.05, 0) is 52.9 Å². The van der Waals surface area contributed by atoms with Gasteiger partial charge in [-0.1, -0.05) is 6.92 Å². The van der Waals surface area contributed by atoms with Crippen molar-refractivity contribution in [2.75, 3.05) is 46.0 Å². The molecule has 0 bridgehead atoms. The van der Waals surface area contributed by atoms with E-state index in [1.807, 2.05) is 14.1 Å². The molecule has 0 aromatic carbocycles. The van der Waals surface area contributed by atoms with Crippen molar-refractivity contribution in [1.82, 2.24) is 14.5 Å². The van der Waals surface area contributed by atoms with E-state index in [1.165, 1.54) is 0 Å². The molecular weight excluding hydrogens is 262 g/mol. The van der Waals surface area contributed by atoms with Crippen LogP contribution in [-0.4, -0.2) is 69.7 Å². The monoisotopic (exact) mass is 291 g/mol. The largest absolute Gasteiger partial charge is 0.317 e. The molecule has 1 unspecified atom stereocenters. The molecule has 1 rings (SSSR count). The van der Waals surface area contributed by atoms with Crippen LogP contribution in [0.15, 0.2) is 0 Å². The van der Waals surface area contributed by atoms with E-state index in [9.17, 15) is 8.42 Å². The van der Waals surface area contributed by atoms with Gasteiger partial charge in [0.05, 0.1) is 5.75 Å². The van der Waals surface area contributed by atoms with Crippen LogP contribution in [0.25, 0.3) is 0 Å². The van der Waals surface area contributed by atoms with Gasteiger partial charge in [0.25, 0.3) is 0 Å². The van der Waals surface area contributed by atoms with E-state index in [-0.39, 0.29) is 0 Å². The Kier molecular flexibility index (Phi) is 7.28. The molecule has 1 N–H and O–H groups in total. The van der Waals surface area contributed by atoms with E-state index < -0.39 is 10.0 Å². The molecule has 1 heterocycles. The van der Waals surface area contributed by atoms with Gasteiger partial charge in [-0.15, -0.1) is 0 Å². The lowest BCUT2D eigenvalue weighted by Gasteiger charge is -2.20. The Morgan fingerprint density at radius 2 is 2.00 bits per heavy atom. The summed E-state index contributed by atoms with van der Waals surface area (Å²) >= 11 is 0. The van der Waals surface area contributed by atoms with Gasteiger partial charge in [0.1, 0.15) is 0 Å². The lowest BCUT2D eigenvalue weighted by Crippen LogP contribution is -2.35. The SMILES string of the molecule is CCCNCCCCS(=O)(=O)N1CCC(N(C)C)C1. The topological polar surface area (TPSA) is 52.7 Å². The number of hydrogen-bond donors (Lipinski definition) is 1. The number of nitrogens with one attached hydrogen (secondary N) is 1. The van der Waals surface area contributed by atoms with Crippen LogP contribution in [0.1, 0.15) is 32.6 Å². The van der Waals surface area contributed by atoms with E-state index in [2.05, 4.69) is 17.1 Å². The van der Waals surface area contributed by atoms with E-state index in [0.29, 0.717) is 24.9 Å². The first kappa shape index (κ1) is 16.9. The zero-order valence-electron chi connectivity index (χ0n) is 12.6. The smallest absolute Gasteiger partial charge is 0.214 e. The number of sulfonamides is 1. The standard InChI is InChI=1S/C13H29N3O2S/c1-4-8-14-9-5-6-11-19(17,18)16-10-7-13(12-16)15(2)3/h13-14H,4-12H2,1-3H3. The Hall–Kier alpha value is -0.170. The highest BCUT2D eigenvalue weighted by molar-refractivity contribution is 7.89. The number of rotatable bonds is 9. The summed E-state index contributed by atoms with van der Waals surface area (Å²) in [5.74, 6) is 0.293. The highest BCUT2D eigenvalue weighted by Crippen LogP contribution is 2.17. The Morgan fingerprint density at radius 1 is 1.26 bits per heavy atom. The summed E-state index contributed by atoms with van der Waals surface area (Å²) in [5, 5.41) is 3.30. The van der Waals surface area contributed by atoms with Crippen LogP contribution in [0, 0.1) is 0 Å². The van der Waals surface area contributed by atoms with Crippen molar-refractivity contribution in [3.8, 4) is 0 Å². The molecular formula is C13H29N3O2S. The number of nitrogens with zero attached hydrogens (tertiary/aromatic N) is 2. The highest BCUT2D eigenvalue weighted by Gasteiger charge is 2.31. The minimum atomic E-state index is -3.04. The molecule has 0 aromatic rings. The van der Waals surface area contributed by atoms with E-state index >= 15 is 0 Å². The number of hydrogen-bond acceptors (Lipinski definition) is 4. The fourth-order valence-corrected chi connectivity index (χ4v) is 3.96. The van der Waals surface area contributed by atoms with E-state index in [4.69, 9.17) is 0 Å². The zero-order valence-corrected chi connectivity index (χ0v) is 13.4. The van der Waals surface area contributed by atoms with Gasteiger partial charge in [-0.3, -0.25) is 0 Å². The zero-order chi connectivity index (χ0) is 14.3. The second-order valence-corrected chi connectivity index (χ2v) is 7.63. The summed E-state index contributed by atoms with van der Waals surface area (Å²) in [6, 6.07) is 0.376. The van der Waals surface area contributed by atoms with Gasteiger partial charge in [0.15, 0.2) is 0 Å². The van der Waals surface area contributed by atoms with Crippen molar-refractivity contribution < 1.29 is 8.42 Å². The van der Waals surface area contributed by atoms with Crippen LogP contribution in [0.2, 0.25) is 0 Å². The van der Waals surface area contributed by atoms with Crippen LogP contribution >= 0.6 is 0 Å². The summed E-state index contributed by atoms with van der Waals surface area (Å²) in [5.41, 5.74) is 0. The maximum absolute atomic E-state index is 12.2. The highest BCUT2D eigenvalue weighted by atomic mass is 32.2. The molecule has 0 saturated carbocycles. The Labute approximate surface area is 118 Å². The molecule has 0 aliphatic carbocycles. The minimum Gasteiger partial charge on any atom is -0.317 e. The average molecular weight is 291 g/mol. The third-order valence-corrected chi connectivity index (χ3v) is 5.61. The van der Waals surface area contributed by atoms with Crippen molar-refractivity contribution in [2.24, 2.45) is 0 Å². The van der Waals surface area contributed by atoms with Crippen LogP contribution in [0.3, 0.4) is 0 Å². The third-order valence-electron chi connectivity index (χ3n) is 3.68. The molecule has 1 aliphatic rings.